The maximum Gasteiger partial charge on any atom is 0.0623 e. The third-order valence-corrected chi connectivity index (χ3v) is 3.66. The van der Waals surface area contributed by atoms with Crippen LogP contribution in [-0.2, 0) is 4.74 Å². The highest BCUT2D eigenvalue weighted by molar-refractivity contribution is 7.10. The van der Waals surface area contributed by atoms with Gasteiger partial charge in [0.1, 0.15) is 0 Å². The second-order valence-electron chi connectivity index (χ2n) is 4.24. The molecule has 0 saturated carbocycles. The van der Waals surface area contributed by atoms with E-state index in [9.17, 15) is 0 Å². The van der Waals surface area contributed by atoms with Gasteiger partial charge >= 0.3 is 0 Å². The van der Waals surface area contributed by atoms with E-state index in [0.29, 0.717) is 0 Å². The predicted octanol–water partition coefficient (Wildman–Crippen LogP) is 2.46. The molecular formula is C11H20N2OS. The molecule has 1 aromatic rings. The number of ether oxygens (including phenoxy) is 1. The van der Waals surface area contributed by atoms with E-state index >= 15 is 0 Å². The number of hydrogen-bond donors (Lipinski definition) is 2. The van der Waals surface area contributed by atoms with E-state index in [1.54, 1.807) is 18.4 Å². The van der Waals surface area contributed by atoms with Gasteiger partial charge in [-0.25, -0.2) is 0 Å². The minimum absolute atomic E-state index is 0.0770. The third-order valence-electron chi connectivity index (χ3n) is 2.68. The molecular weight excluding hydrogens is 208 g/mol. The summed E-state index contributed by atoms with van der Waals surface area (Å²) in [7, 11) is 1.75. The molecule has 1 aromatic heterocycles. The van der Waals surface area contributed by atoms with Crippen LogP contribution < -0.4 is 11.3 Å². The van der Waals surface area contributed by atoms with Crippen LogP contribution in [0.5, 0.6) is 0 Å². The molecule has 1 heterocycles. The molecule has 0 spiro atoms. The molecule has 0 saturated heterocycles. The molecule has 0 aliphatic carbocycles. The number of rotatable bonds is 6. The smallest absolute Gasteiger partial charge is 0.0623 e. The minimum atomic E-state index is -0.0770. The quantitative estimate of drug-likeness (QED) is 0.581. The van der Waals surface area contributed by atoms with Crippen molar-refractivity contribution in [2.24, 2.45) is 5.84 Å². The standard InChI is InChI=1S/C11H20N2OS/c1-11(2,14-3)7-6-9(13-12)10-5-4-8-15-10/h4-5,8-9,13H,6-7,12H2,1-3H3. The van der Waals surface area contributed by atoms with Crippen molar-refractivity contribution >= 4 is 11.3 Å². The first-order valence-corrected chi connectivity index (χ1v) is 6.02. The lowest BCUT2D eigenvalue weighted by atomic mass is 9.98. The van der Waals surface area contributed by atoms with Crippen molar-refractivity contribution in [3.8, 4) is 0 Å². The molecule has 1 unspecified atom stereocenters. The van der Waals surface area contributed by atoms with Crippen LogP contribution in [0.3, 0.4) is 0 Å². The lowest BCUT2D eigenvalue weighted by Crippen LogP contribution is -2.30. The molecule has 1 rings (SSSR count). The number of hydrazine groups is 1. The minimum Gasteiger partial charge on any atom is -0.379 e. The summed E-state index contributed by atoms with van der Waals surface area (Å²) < 4.78 is 5.38. The van der Waals surface area contributed by atoms with Crippen LogP contribution in [0.2, 0.25) is 0 Å². The number of methoxy groups -OCH3 is 1. The van der Waals surface area contributed by atoms with Crippen LogP contribution in [0.4, 0.5) is 0 Å². The Morgan fingerprint density at radius 3 is 2.80 bits per heavy atom. The second-order valence-corrected chi connectivity index (χ2v) is 5.22. The maximum absolute atomic E-state index is 5.55. The molecule has 4 heteroatoms. The first kappa shape index (κ1) is 12.6. The van der Waals surface area contributed by atoms with Crippen LogP contribution in [0.25, 0.3) is 0 Å². The highest BCUT2D eigenvalue weighted by atomic mass is 32.1. The van der Waals surface area contributed by atoms with Crippen molar-refractivity contribution in [1.82, 2.24) is 5.43 Å². The van der Waals surface area contributed by atoms with Gasteiger partial charge in [0.25, 0.3) is 0 Å². The Bertz CT molecular complexity index is 272. The molecule has 1 atom stereocenters. The predicted molar refractivity (Wildman–Crippen MR) is 64.7 cm³/mol. The molecule has 3 nitrogen and oxygen atoms in total. The molecule has 0 radical (unpaired) electrons. The Kier molecular flexibility index (Phi) is 4.73. The van der Waals surface area contributed by atoms with Crippen LogP contribution in [0.1, 0.15) is 37.6 Å². The van der Waals surface area contributed by atoms with Crippen molar-refractivity contribution in [1.29, 1.82) is 0 Å². The average molecular weight is 228 g/mol. The maximum atomic E-state index is 5.55. The van der Waals surface area contributed by atoms with Gasteiger partial charge in [0.15, 0.2) is 0 Å². The molecule has 0 aliphatic rings. The van der Waals surface area contributed by atoms with E-state index < -0.39 is 0 Å². The van der Waals surface area contributed by atoms with E-state index in [0.717, 1.165) is 12.8 Å². The number of hydrogen-bond acceptors (Lipinski definition) is 4. The Morgan fingerprint density at radius 1 is 1.60 bits per heavy atom. The summed E-state index contributed by atoms with van der Waals surface area (Å²) in [6.07, 6.45) is 1.97. The van der Waals surface area contributed by atoms with Crippen LogP contribution in [0, 0.1) is 0 Å². The monoisotopic (exact) mass is 228 g/mol. The number of nitrogens with two attached hydrogens (primary N) is 1. The average Bonchev–Trinajstić information content (AvgIpc) is 2.72. The highest BCUT2D eigenvalue weighted by Crippen LogP contribution is 2.26. The fraction of sp³-hybridized carbons (Fsp3) is 0.636. The van der Waals surface area contributed by atoms with Gasteiger partial charge in [-0.3, -0.25) is 11.3 Å². The van der Waals surface area contributed by atoms with Crippen LogP contribution in [-0.4, -0.2) is 12.7 Å². The van der Waals surface area contributed by atoms with Crippen molar-refractivity contribution in [2.75, 3.05) is 7.11 Å². The van der Waals surface area contributed by atoms with Gasteiger partial charge in [-0.05, 0) is 38.1 Å². The van der Waals surface area contributed by atoms with E-state index in [1.165, 1.54) is 4.88 Å². The van der Waals surface area contributed by atoms with Gasteiger partial charge in [-0.2, -0.15) is 0 Å². The van der Waals surface area contributed by atoms with E-state index in [4.69, 9.17) is 10.6 Å². The van der Waals surface area contributed by atoms with Gasteiger partial charge in [0, 0.05) is 12.0 Å². The summed E-state index contributed by atoms with van der Waals surface area (Å²) in [4.78, 5) is 1.28. The first-order valence-electron chi connectivity index (χ1n) is 5.14. The summed E-state index contributed by atoms with van der Waals surface area (Å²) in [6, 6.07) is 4.39. The molecule has 0 bridgehead atoms. The molecule has 0 fully saturated rings. The summed E-state index contributed by atoms with van der Waals surface area (Å²) in [5.74, 6) is 5.55. The molecule has 86 valence electrons. The lowest BCUT2D eigenvalue weighted by Gasteiger charge is -2.25. The zero-order valence-corrected chi connectivity index (χ0v) is 10.4. The fourth-order valence-electron chi connectivity index (χ4n) is 1.39. The zero-order chi connectivity index (χ0) is 11.3. The molecule has 3 N–H and O–H groups in total. The van der Waals surface area contributed by atoms with Gasteiger partial charge in [0.05, 0.1) is 11.6 Å². The fourth-order valence-corrected chi connectivity index (χ4v) is 2.21. The van der Waals surface area contributed by atoms with Crippen LogP contribution in [0.15, 0.2) is 17.5 Å². The Morgan fingerprint density at radius 2 is 2.33 bits per heavy atom. The SMILES string of the molecule is COC(C)(C)CCC(NN)c1cccs1. The third kappa shape index (κ3) is 3.91. The van der Waals surface area contributed by atoms with Gasteiger partial charge in [-0.1, -0.05) is 6.07 Å². The van der Waals surface area contributed by atoms with E-state index in [2.05, 4.69) is 30.7 Å². The largest absolute Gasteiger partial charge is 0.379 e. The van der Waals surface area contributed by atoms with Crippen molar-refractivity contribution < 1.29 is 4.74 Å². The molecule has 15 heavy (non-hydrogen) atoms. The Balaban J connectivity index is 2.49. The number of nitrogens with one attached hydrogen (secondary N) is 1. The normalized spacial score (nSPS) is 14.1. The summed E-state index contributed by atoms with van der Waals surface area (Å²) in [5.41, 5.74) is 2.78. The second kappa shape index (κ2) is 5.61. The summed E-state index contributed by atoms with van der Waals surface area (Å²) in [6.45, 7) is 4.18. The van der Waals surface area contributed by atoms with Crippen molar-refractivity contribution in [2.45, 2.75) is 38.3 Å². The summed E-state index contributed by atoms with van der Waals surface area (Å²) >= 11 is 1.73. The molecule has 0 aliphatic heterocycles. The Labute approximate surface area is 95.6 Å². The van der Waals surface area contributed by atoms with Gasteiger partial charge in [-0.15, -0.1) is 11.3 Å². The van der Waals surface area contributed by atoms with E-state index in [-0.39, 0.29) is 11.6 Å². The molecule has 0 amide bonds. The molecule has 0 aromatic carbocycles. The van der Waals surface area contributed by atoms with Gasteiger partial charge < -0.3 is 4.74 Å². The van der Waals surface area contributed by atoms with E-state index in [1.807, 2.05) is 6.07 Å². The summed E-state index contributed by atoms with van der Waals surface area (Å²) in [5, 5.41) is 2.07. The van der Waals surface area contributed by atoms with Crippen molar-refractivity contribution in [3.63, 3.8) is 0 Å². The zero-order valence-electron chi connectivity index (χ0n) is 9.62. The van der Waals surface area contributed by atoms with Crippen molar-refractivity contribution in [3.05, 3.63) is 22.4 Å². The number of thiophene rings is 1. The first-order chi connectivity index (χ1) is 7.09. The van der Waals surface area contributed by atoms with Crippen LogP contribution >= 0.6 is 11.3 Å². The van der Waals surface area contributed by atoms with Gasteiger partial charge in [0.2, 0.25) is 0 Å². The highest BCUT2D eigenvalue weighted by Gasteiger charge is 2.19. The lowest BCUT2D eigenvalue weighted by molar-refractivity contribution is 0.0117. The Hall–Kier alpha value is -0.420. The topological polar surface area (TPSA) is 47.3 Å².